The molecule has 1 atom stereocenters. The molecule has 0 saturated carbocycles. The van der Waals surface area contributed by atoms with Gasteiger partial charge in [0.2, 0.25) is 0 Å². The van der Waals surface area contributed by atoms with E-state index in [1.54, 1.807) is 23.8 Å². The Bertz CT molecular complexity index is 633. The Labute approximate surface area is 108 Å². The molecular weight excluding hydrogens is 248 g/mol. The molecular formula is C13H12N2O2S. The van der Waals surface area contributed by atoms with Crippen molar-refractivity contribution < 1.29 is 9.52 Å². The maximum Gasteiger partial charge on any atom is 0.139 e. The topological polar surface area (TPSA) is 58.3 Å². The number of fused-ring (bicyclic) bond motifs is 1. The highest BCUT2D eigenvalue weighted by atomic mass is 32.1. The number of pyridine rings is 1. The SMILES string of the molecule is OC(CNc1nccc2occc12)c1ccsc1. The van der Waals surface area contributed by atoms with Gasteiger partial charge in [0.15, 0.2) is 0 Å². The van der Waals surface area contributed by atoms with Crippen LogP contribution in [0.5, 0.6) is 0 Å². The first kappa shape index (κ1) is 11.3. The Hall–Kier alpha value is -1.85. The highest BCUT2D eigenvalue weighted by Crippen LogP contribution is 2.23. The van der Waals surface area contributed by atoms with Crippen molar-refractivity contribution in [1.29, 1.82) is 0 Å². The number of furan rings is 1. The van der Waals surface area contributed by atoms with Crippen LogP contribution >= 0.6 is 11.3 Å². The molecule has 0 aromatic carbocycles. The fourth-order valence-electron chi connectivity index (χ4n) is 1.81. The van der Waals surface area contributed by atoms with Crippen molar-refractivity contribution in [3.63, 3.8) is 0 Å². The number of rotatable bonds is 4. The van der Waals surface area contributed by atoms with E-state index in [9.17, 15) is 5.11 Å². The second-order valence-corrected chi connectivity index (χ2v) is 4.73. The minimum atomic E-state index is -0.528. The summed E-state index contributed by atoms with van der Waals surface area (Å²) in [4.78, 5) is 4.25. The van der Waals surface area contributed by atoms with E-state index in [0.717, 1.165) is 22.4 Å². The van der Waals surface area contributed by atoms with Crippen molar-refractivity contribution in [2.75, 3.05) is 11.9 Å². The largest absolute Gasteiger partial charge is 0.464 e. The van der Waals surface area contributed by atoms with Crippen LogP contribution in [0, 0.1) is 0 Å². The minimum Gasteiger partial charge on any atom is -0.464 e. The molecule has 0 amide bonds. The van der Waals surface area contributed by atoms with Crippen LogP contribution in [0.25, 0.3) is 11.0 Å². The van der Waals surface area contributed by atoms with Crippen molar-refractivity contribution in [3.8, 4) is 0 Å². The third kappa shape index (κ3) is 2.10. The number of aliphatic hydroxyl groups excluding tert-OH is 1. The second-order valence-electron chi connectivity index (χ2n) is 3.95. The molecule has 3 heterocycles. The molecule has 0 bridgehead atoms. The third-order valence-corrected chi connectivity index (χ3v) is 3.47. The van der Waals surface area contributed by atoms with Gasteiger partial charge in [-0.25, -0.2) is 4.98 Å². The Morgan fingerprint density at radius 1 is 1.39 bits per heavy atom. The fraction of sp³-hybridized carbons (Fsp3) is 0.154. The van der Waals surface area contributed by atoms with Gasteiger partial charge >= 0.3 is 0 Å². The van der Waals surface area contributed by atoms with E-state index < -0.39 is 6.10 Å². The van der Waals surface area contributed by atoms with Crippen LogP contribution in [0.15, 0.2) is 45.8 Å². The summed E-state index contributed by atoms with van der Waals surface area (Å²) in [6.07, 6.45) is 2.79. The predicted octanol–water partition coefficient (Wildman–Crippen LogP) is 3.03. The van der Waals surface area contributed by atoms with E-state index in [1.807, 2.05) is 29.0 Å². The number of nitrogens with one attached hydrogen (secondary N) is 1. The zero-order valence-corrected chi connectivity index (χ0v) is 10.4. The molecule has 3 rings (SSSR count). The molecule has 1 unspecified atom stereocenters. The van der Waals surface area contributed by atoms with E-state index in [2.05, 4.69) is 10.3 Å². The predicted molar refractivity (Wildman–Crippen MR) is 71.8 cm³/mol. The van der Waals surface area contributed by atoms with Gasteiger partial charge in [-0.1, -0.05) is 0 Å². The quantitative estimate of drug-likeness (QED) is 0.757. The number of anilines is 1. The lowest BCUT2D eigenvalue weighted by molar-refractivity contribution is 0.192. The molecule has 0 aliphatic carbocycles. The van der Waals surface area contributed by atoms with Crippen LogP contribution in [0.3, 0.4) is 0 Å². The van der Waals surface area contributed by atoms with Gasteiger partial charge in [0.25, 0.3) is 0 Å². The van der Waals surface area contributed by atoms with Gasteiger partial charge in [-0.3, -0.25) is 0 Å². The van der Waals surface area contributed by atoms with Gasteiger partial charge in [0.05, 0.1) is 17.8 Å². The standard InChI is InChI=1S/C13H12N2O2S/c16-11(9-3-6-18-8-9)7-15-13-10-2-5-17-12(10)1-4-14-13/h1-6,8,11,16H,7H2,(H,14,15). The maximum absolute atomic E-state index is 9.99. The van der Waals surface area contributed by atoms with E-state index in [1.165, 1.54) is 0 Å². The highest BCUT2D eigenvalue weighted by Gasteiger charge is 2.09. The smallest absolute Gasteiger partial charge is 0.139 e. The van der Waals surface area contributed by atoms with Crippen molar-refractivity contribution >= 4 is 28.1 Å². The molecule has 5 heteroatoms. The van der Waals surface area contributed by atoms with E-state index in [0.29, 0.717) is 6.54 Å². The number of hydrogen-bond donors (Lipinski definition) is 2. The summed E-state index contributed by atoms with van der Waals surface area (Å²) in [5.41, 5.74) is 1.71. The van der Waals surface area contributed by atoms with Crippen molar-refractivity contribution in [2.24, 2.45) is 0 Å². The van der Waals surface area contributed by atoms with Gasteiger partial charge in [0.1, 0.15) is 11.4 Å². The Kier molecular flexibility index (Phi) is 3.00. The molecule has 3 aromatic rings. The van der Waals surface area contributed by atoms with Crippen molar-refractivity contribution in [2.45, 2.75) is 6.10 Å². The zero-order chi connectivity index (χ0) is 12.4. The number of nitrogens with zero attached hydrogens (tertiary/aromatic N) is 1. The van der Waals surface area contributed by atoms with E-state index in [-0.39, 0.29) is 0 Å². The molecule has 3 aromatic heterocycles. The summed E-state index contributed by atoms with van der Waals surface area (Å²) in [6.45, 7) is 0.425. The summed E-state index contributed by atoms with van der Waals surface area (Å²) in [5.74, 6) is 0.732. The first-order valence-electron chi connectivity index (χ1n) is 5.61. The number of thiophene rings is 1. The summed E-state index contributed by atoms with van der Waals surface area (Å²) in [7, 11) is 0. The summed E-state index contributed by atoms with van der Waals surface area (Å²) in [5, 5.41) is 18.0. The molecule has 2 N–H and O–H groups in total. The van der Waals surface area contributed by atoms with E-state index in [4.69, 9.17) is 4.42 Å². The Balaban J connectivity index is 1.75. The van der Waals surface area contributed by atoms with Crippen molar-refractivity contribution in [1.82, 2.24) is 4.98 Å². The van der Waals surface area contributed by atoms with Crippen LogP contribution in [-0.2, 0) is 0 Å². The molecule has 18 heavy (non-hydrogen) atoms. The second kappa shape index (κ2) is 4.80. The molecule has 92 valence electrons. The third-order valence-electron chi connectivity index (χ3n) is 2.77. The molecule has 0 radical (unpaired) electrons. The van der Waals surface area contributed by atoms with Gasteiger partial charge in [-0.15, -0.1) is 0 Å². The summed E-state index contributed by atoms with van der Waals surface area (Å²) in [6, 6.07) is 5.60. The Morgan fingerprint density at radius 3 is 3.17 bits per heavy atom. The Morgan fingerprint density at radius 2 is 2.33 bits per heavy atom. The monoisotopic (exact) mass is 260 g/mol. The summed E-state index contributed by atoms with van der Waals surface area (Å²) >= 11 is 1.58. The highest BCUT2D eigenvalue weighted by molar-refractivity contribution is 7.07. The minimum absolute atomic E-state index is 0.425. The van der Waals surface area contributed by atoms with Gasteiger partial charge in [0, 0.05) is 12.7 Å². The lowest BCUT2D eigenvalue weighted by Gasteiger charge is -2.11. The number of aliphatic hydroxyl groups is 1. The van der Waals surface area contributed by atoms with Gasteiger partial charge < -0.3 is 14.8 Å². The van der Waals surface area contributed by atoms with Crippen molar-refractivity contribution in [3.05, 3.63) is 47.0 Å². The average Bonchev–Trinajstić information content (AvgIpc) is 3.05. The molecule has 0 aliphatic rings. The fourth-order valence-corrected chi connectivity index (χ4v) is 2.52. The molecule has 0 fully saturated rings. The van der Waals surface area contributed by atoms with Crippen LogP contribution in [-0.4, -0.2) is 16.6 Å². The van der Waals surface area contributed by atoms with Crippen LogP contribution in [0.1, 0.15) is 11.7 Å². The lowest BCUT2D eigenvalue weighted by Crippen LogP contribution is -2.12. The van der Waals surface area contributed by atoms with Crippen LogP contribution in [0.2, 0.25) is 0 Å². The number of hydrogen-bond acceptors (Lipinski definition) is 5. The lowest BCUT2D eigenvalue weighted by atomic mass is 10.2. The maximum atomic E-state index is 9.99. The molecule has 0 saturated heterocycles. The van der Waals surface area contributed by atoms with Crippen LogP contribution in [0.4, 0.5) is 5.82 Å². The van der Waals surface area contributed by atoms with Crippen LogP contribution < -0.4 is 5.32 Å². The first-order chi connectivity index (χ1) is 8.84. The average molecular weight is 260 g/mol. The summed E-state index contributed by atoms with van der Waals surface area (Å²) < 4.78 is 5.30. The van der Waals surface area contributed by atoms with Gasteiger partial charge in [-0.05, 0) is 34.5 Å². The number of aromatic nitrogens is 1. The molecule has 4 nitrogen and oxygen atoms in total. The van der Waals surface area contributed by atoms with Gasteiger partial charge in [-0.2, -0.15) is 11.3 Å². The molecule has 0 spiro atoms. The molecule has 0 aliphatic heterocycles. The normalized spacial score (nSPS) is 12.7. The first-order valence-corrected chi connectivity index (χ1v) is 6.55. The van der Waals surface area contributed by atoms with E-state index >= 15 is 0 Å². The zero-order valence-electron chi connectivity index (χ0n) is 9.54.